The van der Waals surface area contributed by atoms with Crippen molar-refractivity contribution in [3.8, 4) is 0 Å². The number of nitrogens with zero attached hydrogens (tertiary/aromatic N) is 1. The van der Waals surface area contributed by atoms with Gasteiger partial charge in [0.05, 0.1) is 27.7 Å². The minimum Gasteiger partial charge on any atom is -0.756 e. The van der Waals surface area contributed by atoms with Gasteiger partial charge in [-0.1, -0.05) is 346 Å². The Hall–Kier alpha value is -1.77. The molecule has 0 aromatic heterocycles. The van der Waals surface area contributed by atoms with Crippen molar-refractivity contribution in [3.05, 3.63) is 36.5 Å². The molecule has 2 atom stereocenters. The van der Waals surface area contributed by atoms with Crippen LogP contribution in [0.1, 0.15) is 373 Å². The second-order valence-electron chi connectivity index (χ2n) is 26.3. The first-order valence-corrected chi connectivity index (χ1v) is 38.2. The normalized spacial score (nSPS) is 13.3. The van der Waals surface area contributed by atoms with Crippen LogP contribution in [0.4, 0.5) is 0 Å². The molecule has 0 aromatic carbocycles. The Bertz CT molecular complexity index is 1510. The van der Waals surface area contributed by atoms with Crippen LogP contribution >= 0.6 is 7.82 Å². The molecule has 0 radical (unpaired) electrons. The van der Waals surface area contributed by atoms with Crippen LogP contribution in [0.3, 0.4) is 0 Å². The quantitative estimate of drug-likeness (QED) is 0.0195. The molecule has 0 saturated heterocycles. The zero-order chi connectivity index (χ0) is 61.2. The minimum atomic E-state index is -4.64. The molecular weight excluding hydrogens is 1060 g/mol. The van der Waals surface area contributed by atoms with Gasteiger partial charge in [-0.05, 0) is 51.4 Å². The molecule has 496 valence electrons. The summed E-state index contributed by atoms with van der Waals surface area (Å²) in [7, 11) is 1.19. The number of ether oxygens (including phenoxy) is 2. The molecule has 0 spiro atoms. The van der Waals surface area contributed by atoms with Gasteiger partial charge in [-0.3, -0.25) is 14.2 Å². The first-order valence-electron chi connectivity index (χ1n) is 36.7. The Morgan fingerprint density at radius 2 is 0.643 bits per heavy atom. The van der Waals surface area contributed by atoms with Gasteiger partial charge < -0.3 is 27.9 Å². The van der Waals surface area contributed by atoms with Crippen molar-refractivity contribution in [2.75, 3.05) is 47.5 Å². The number of unbranched alkanes of at least 4 members (excludes halogenated alkanes) is 49. The summed E-state index contributed by atoms with van der Waals surface area (Å²) in [5.41, 5.74) is 0. The van der Waals surface area contributed by atoms with Crippen LogP contribution in [-0.4, -0.2) is 70.0 Å². The topological polar surface area (TPSA) is 111 Å². The second-order valence-corrected chi connectivity index (χ2v) is 27.7. The highest BCUT2D eigenvalue weighted by Crippen LogP contribution is 2.38. The molecular formula is C74H142NO8P. The number of carbonyl (C=O) groups excluding carboxylic acids is 2. The van der Waals surface area contributed by atoms with Crippen LogP contribution in [0, 0.1) is 0 Å². The van der Waals surface area contributed by atoms with Crippen molar-refractivity contribution in [2.24, 2.45) is 0 Å². The summed E-state index contributed by atoms with van der Waals surface area (Å²) in [6.45, 7) is 4.31. The molecule has 0 rings (SSSR count). The van der Waals surface area contributed by atoms with E-state index in [0.29, 0.717) is 17.4 Å². The fourth-order valence-electron chi connectivity index (χ4n) is 11.0. The average molecular weight is 1200 g/mol. The number of esters is 2. The maximum atomic E-state index is 12.9. The number of carbonyl (C=O) groups is 2. The van der Waals surface area contributed by atoms with Gasteiger partial charge in [-0.25, -0.2) is 0 Å². The number of hydrogen-bond acceptors (Lipinski definition) is 8. The molecule has 0 heterocycles. The molecule has 2 unspecified atom stereocenters. The van der Waals surface area contributed by atoms with E-state index < -0.39 is 26.5 Å². The number of rotatable bonds is 69. The van der Waals surface area contributed by atoms with E-state index in [2.05, 4.69) is 50.3 Å². The molecule has 9 nitrogen and oxygen atoms in total. The van der Waals surface area contributed by atoms with Gasteiger partial charge in [0, 0.05) is 12.8 Å². The summed E-state index contributed by atoms with van der Waals surface area (Å²) < 4.78 is 34.4. The SMILES string of the molecule is CCCCCCC/C=C\C/C=C\C/C=C\CCCCCCCCCCCCCCCCCCCCC(=O)OC(COC(=O)CCCCCCCCCCCCCCCCCCCCCCCCCCCCC)COP(=O)([O-])OCC[N+](C)(C)C. The minimum absolute atomic E-state index is 0.0276. The zero-order valence-corrected chi connectivity index (χ0v) is 57.5. The van der Waals surface area contributed by atoms with Gasteiger partial charge in [0.2, 0.25) is 0 Å². The maximum Gasteiger partial charge on any atom is 0.306 e. The Morgan fingerprint density at radius 3 is 0.952 bits per heavy atom. The number of hydrogen-bond donors (Lipinski definition) is 0. The molecule has 84 heavy (non-hydrogen) atoms. The predicted molar refractivity (Wildman–Crippen MR) is 361 cm³/mol. The Morgan fingerprint density at radius 1 is 0.369 bits per heavy atom. The fraction of sp³-hybridized carbons (Fsp3) is 0.892. The molecule has 0 amide bonds. The summed E-state index contributed by atoms with van der Waals surface area (Å²) in [5, 5.41) is 0. The van der Waals surface area contributed by atoms with Crippen molar-refractivity contribution in [2.45, 2.75) is 380 Å². The van der Waals surface area contributed by atoms with Crippen molar-refractivity contribution in [3.63, 3.8) is 0 Å². The summed E-state index contributed by atoms with van der Waals surface area (Å²) in [5.74, 6) is -0.810. The van der Waals surface area contributed by atoms with Crippen LogP contribution in [-0.2, 0) is 32.7 Å². The number of phosphoric ester groups is 1. The lowest BCUT2D eigenvalue weighted by atomic mass is 10.0. The summed E-state index contributed by atoms with van der Waals surface area (Å²) in [6, 6.07) is 0. The lowest BCUT2D eigenvalue weighted by Gasteiger charge is -2.28. The van der Waals surface area contributed by atoms with E-state index in [0.717, 1.165) is 44.9 Å². The molecule has 0 aliphatic carbocycles. The molecule has 0 aromatic rings. The van der Waals surface area contributed by atoms with Gasteiger partial charge in [-0.15, -0.1) is 0 Å². The van der Waals surface area contributed by atoms with E-state index in [-0.39, 0.29) is 32.0 Å². The van der Waals surface area contributed by atoms with Crippen LogP contribution in [0.15, 0.2) is 36.5 Å². The van der Waals surface area contributed by atoms with E-state index in [4.69, 9.17) is 18.5 Å². The Labute approximate surface area is 522 Å². The number of likely N-dealkylation sites (N-methyl/N-ethyl adjacent to an activating group) is 1. The largest absolute Gasteiger partial charge is 0.756 e. The van der Waals surface area contributed by atoms with E-state index in [1.165, 1.54) is 295 Å². The Kier molecular flexibility index (Phi) is 64.3. The van der Waals surface area contributed by atoms with Crippen molar-refractivity contribution in [1.29, 1.82) is 0 Å². The van der Waals surface area contributed by atoms with Crippen molar-refractivity contribution in [1.82, 2.24) is 0 Å². The van der Waals surface area contributed by atoms with Crippen LogP contribution in [0.2, 0.25) is 0 Å². The molecule has 0 fully saturated rings. The third-order valence-electron chi connectivity index (χ3n) is 16.7. The highest BCUT2D eigenvalue weighted by Gasteiger charge is 2.22. The maximum absolute atomic E-state index is 12.9. The van der Waals surface area contributed by atoms with E-state index in [1.807, 2.05) is 21.1 Å². The van der Waals surface area contributed by atoms with Crippen LogP contribution < -0.4 is 4.89 Å². The monoisotopic (exact) mass is 1200 g/mol. The first-order chi connectivity index (χ1) is 41.0. The number of quaternary nitrogens is 1. The molecule has 0 aliphatic heterocycles. The zero-order valence-electron chi connectivity index (χ0n) is 56.6. The van der Waals surface area contributed by atoms with Crippen molar-refractivity contribution >= 4 is 19.8 Å². The smallest absolute Gasteiger partial charge is 0.306 e. The van der Waals surface area contributed by atoms with Gasteiger partial charge >= 0.3 is 11.9 Å². The molecule has 0 N–H and O–H groups in total. The van der Waals surface area contributed by atoms with Crippen LogP contribution in [0.25, 0.3) is 0 Å². The molecule has 0 saturated carbocycles. The Balaban J connectivity index is 3.97. The highest BCUT2D eigenvalue weighted by molar-refractivity contribution is 7.45. The third-order valence-corrected chi connectivity index (χ3v) is 17.6. The average Bonchev–Trinajstić information content (AvgIpc) is 3.61. The molecule has 10 heteroatoms. The van der Waals surface area contributed by atoms with E-state index in [1.54, 1.807) is 0 Å². The lowest BCUT2D eigenvalue weighted by molar-refractivity contribution is -0.870. The number of phosphoric acid groups is 1. The summed E-state index contributed by atoms with van der Waals surface area (Å²) >= 11 is 0. The summed E-state index contributed by atoms with van der Waals surface area (Å²) in [4.78, 5) is 38.1. The highest BCUT2D eigenvalue weighted by atomic mass is 31.2. The van der Waals surface area contributed by atoms with Gasteiger partial charge in [0.15, 0.2) is 6.10 Å². The fourth-order valence-corrected chi connectivity index (χ4v) is 11.8. The number of allylic oxidation sites excluding steroid dienone is 6. The molecule has 0 bridgehead atoms. The third kappa shape index (κ3) is 69.3. The molecule has 0 aliphatic rings. The van der Waals surface area contributed by atoms with Gasteiger partial charge in [-0.2, -0.15) is 0 Å². The summed E-state index contributed by atoms with van der Waals surface area (Å²) in [6.07, 6.45) is 83.8. The van der Waals surface area contributed by atoms with Gasteiger partial charge in [0.25, 0.3) is 7.82 Å². The van der Waals surface area contributed by atoms with Crippen molar-refractivity contribution < 1.29 is 42.1 Å². The first kappa shape index (κ1) is 82.2. The van der Waals surface area contributed by atoms with Gasteiger partial charge in [0.1, 0.15) is 19.8 Å². The lowest BCUT2D eigenvalue weighted by Crippen LogP contribution is -2.37. The second kappa shape index (κ2) is 65.7. The predicted octanol–water partition coefficient (Wildman–Crippen LogP) is 23.2. The van der Waals surface area contributed by atoms with Crippen LogP contribution in [0.5, 0.6) is 0 Å². The van der Waals surface area contributed by atoms with E-state index >= 15 is 0 Å². The van der Waals surface area contributed by atoms with E-state index in [9.17, 15) is 19.0 Å². The standard InChI is InChI=1S/C74H142NO8P/c1-6-8-10-12-14-16-18-20-22-24-26-28-30-32-34-35-36-37-38-39-41-43-45-47-49-51-53-55-57-59-61-63-65-67-74(77)83-72(71-82-84(78,79)81-69-68-75(3,4)5)70-80-73(76)66-64-62-60-58-56-54-52-50-48-46-44-42-40-33-31-29-27-25-23-21-19-17-15-13-11-9-7-2/h18,20,24,26,30,32,72H,6-17,19,21-23,25,27-29,31,33-71H2,1-5H3/b20-18-,26-24-,32-30-.